The van der Waals surface area contributed by atoms with E-state index >= 15 is 0 Å². The van der Waals surface area contributed by atoms with E-state index in [9.17, 15) is 0 Å². The highest BCUT2D eigenvalue weighted by atomic mass is 14.8. The van der Waals surface area contributed by atoms with Gasteiger partial charge in [0, 0.05) is 12.6 Å². The summed E-state index contributed by atoms with van der Waals surface area (Å²) < 4.78 is 0. The Kier molecular flexibility index (Phi) is 4.75. The Balaban J connectivity index is 2.35. The Morgan fingerprint density at radius 2 is 2.13 bits per heavy atom. The second kappa shape index (κ2) is 6.44. The number of rotatable bonds is 4. The molecule has 0 saturated carbocycles. The molecule has 0 unspecified atom stereocenters. The molecule has 0 aliphatic carbocycles. The van der Waals surface area contributed by atoms with Crippen molar-refractivity contribution in [3.63, 3.8) is 0 Å². The van der Waals surface area contributed by atoms with Gasteiger partial charge in [0.1, 0.15) is 0 Å². The molecule has 0 heterocycles. The molecule has 0 radical (unpaired) electrons. The molecule has 0 aromatic heterocycles. The molecule has 1 rings (SSSR count). The highest BCUT2D eigenvalue weighted by molar-refractivity contribution is 5.22. The zero-order valence-electron chi connectivity index (χ0n) is 8.77. The van der Waals surface area contributed by atoms with Gasteiger partial charge >= 0.3 is 0 Å². The van der Waals surface area contributed by atoms with Gasteiger partial charge in [-0.15, -0.1) is 0 Å². The summed E-state index contributed by atoms with van der Waals surface area (Å²) in [6, 6.07) is 12.2. The van der Waals surface area contributed by atoms with Crippen LogP contribution in [0.25, 0.3) is 0 Å². The van der Waals surface area contributed by atoms with Gasteiger partial charge in [0.2, 0.25) is 0 Å². The predicted octanol–water partition coefficient (Wildman–Crippen LogP) is 2.76. The number of nitriles is 1. The maximum absolute atomic E-state index is 8.39. The van der Waals surface area contributed by atoms with Crippen LogP contribution in [0.1, 0.15) is 12.5 Å². The third-order valence-corrected chi connectivity index (χ3v) is 1.91. The van der Waals surface area contributed by atoms with Crippen molar-refractivity contribution in [3.05, 3.63) is 59.8 Å². The van der Waals surface area contributed by atoms with Crippen LogP contribution < -0.4 is 5.32 Å². The van der Waals surface area contributed by atoms with E-state index < -0.39 is 0 Å². The molecular weight excluding hydrogens is 184 g/mol. The molecule has 1 aromatic rings. The minimum Gasteiger partial charge on any atom is -0.387 e. The van der Waals surface area contributed by atoms with E-state index in [4.69, 9.17) is 5.26 Å². The number of hydrogen-bond donors (Lipinski definition) is 1. The molecular formula is C13H14N2. The van der Waals surface area contributed by atoms with Gasteiger partial charge in [-0.05, 0) is 30.3 Å². The first-order valence-corrected chi connectivity index (χ1v) is 4.83. The van der Waals surface area contributed by atoms with Crippen LogP contribution in [0.5, 0.6) is 0 Å². The van der Waals surface area contributed by atoms with Gasteiger partial charge in [-0.3, -0.25) is 0 Å². The zero-order valence-corrected chi connectivity index (χ0v) is 8.77. The van der Waals surface area contributed by atoms with Gasteiger partial charge in [0.25, 0.3) is 0 Å². The maximum Gasteiger partial charge on any atom is 0.0914 e. The van der Waals surface area contributed by atoms with Crippen molar-refractivity contribution < 1.29 is 0 Å². The van der Waals surface area contributed by atoms with Crippen molar-refractivity contribution in [2.45, 2.75) is 13.5 Å². The molecule has 2 heteroatoms. The Labute approximate surface area is 90.5 Å². The third-order valence-electron chi connectivity index (χ3n) is 1.91. The second-order valence-corrected chi connectivity index (χ2v) is 3.22. The Morgan fingerprint density at radius 1 is 1.40 bits per heavy atom. The average Bonchev–Trinajstić information content (AvgIpc) is 2.26. The smallest absolute Gasteiger partial charge is 0.0914 e. The standard InChI is InChI=1S/C13H14N2/c1-12(7-9-14)8-10-15-11-13-5-3-2-4-6-13/h2-8,10,15H,11H2,1H3/b10-8-,12-7-. The van der Waals surface area contributed by atoms with E-state index in [1.807, 2.05) is 43.5 Å². The Morgan fingerprint density at radius 3 is 2.80 bits per heavy atom. The van der Waals surface area contributed by atoms with Gasteiger partial charge in [-0.2, -0.15) is 5.26 Å². The van der Waals surface area contributed by atoms with Crippen LogP contribution in [-0.4, -0.2) is 0 Å². The van der Waals surface area contributed by atoms with Gasteiger partial charge in [0.15, 0.2) is 0 Å². The summed E-state index contributed by atoms with van der Waals surface area (Å²) in [4.78, 5) is 0. The van der Waals surface area contributed by atoms with Crippen LogP contribution in [0.2, 0.25) is 0 Å². The number of nitrogens with one attached hydrogen (secondary N) is 1. The van der Waals surface area contributed by atoms with E-state index in [0.717, 1.165) is 12.1 Å². The van der Waals surface area contributed by atoms with Crippen molar-refractivity contribution in [3.8, 4) is 6.07 Å². The summed E-state index contributed by atoms with van der Waals surface area (Å²) in [5.41, 5.74) is 2.18. The molecule has 1 N–H and O–H groups in total. The van der Waals surface area contributed by atoms with Crippen molar-refractivity contribution in [1.29, 1.82) is 5.26 Å². The first kappa shape index (κ1) is 11.1. The second-order valence-electron chi connectivity index (χ2n) is 3.22. The molecule has 0 atom stereocenters. The molecule has 0 aliphatic rings. The SMILES string of the molecule is CC(/C=C\NCc1ccccc1)=C/C#N. The minimum absolute atomic E-state index is 0.803. The lowest BCUT2D eigenvalue weighted by Gasteiger charge is -1.99. The first-order valence-electron chi connectivity index (χ1n) is 4.83. The maximum atomic E-state index is 8.39. The topological polar surface area (TPSA) is 35.8 Å². The monoisotopic (exact) mass is 198 g/mol. The summed E-state index contributed by atoms with van der Waals surface area (Å²) in [5.74, 6) is 0. The highest BCUT2D eigenvalue weighted by Crippen LogP contribution is 1.97. The molecule has 15 heavy (non-hydrogen) atoms. The number of nitrogens with zero attached hydrogens (tertiary/aromatic N) is 1. The van der Waals surface area contributed by atoms with E-state index in [0.29, 0.717) is 0 Å². The minimum atomic E-state index is 0.803. The molecule has 76 valence electrons. The van der Waals surface area contributed by atoms with Crippen LogP contribution in [-0.2, 0) is 6.54 Å². The fourth-order valence-electron chi connectivity index (χ4n) is 1.11. The molecule has 0 aliphatic heterocycles. The van der Waals surface area contributed by atoms with Crippen molar-refractivity contribution in [2.75, 3.05) is 0 Å². The summed E-state index contributed by atoms with van der Waals surface area (Å²) >= 11 is 0. The number of hydrogen-bond acceptors (Lipinski definition) is 2. The molecule has 2 nitrogen and oxygen atoms in total. The van der Waals surface area contributed by atoms with Gasteiger partial charge in [-0.25, -0.2) is 0 Å². The molecule has 0 fully saturated rings. The molecule has 0 saturated heterocycles. The van der Waals surface area contributed by atoms with Gasteiger partial charge in [0.05, 0.1) is 6.07 Å². The van der Waals surface area contributed by atoms with Crippen molar-refractivity contribution in [1.82, 2.24) is 5.32 Å². The van der Waals surface area contributed by atoms with Gasteiger partial charge < -0.3 is 5.32 Å². The largest absolute Gasteiger partial charge is 0.387 e. The van der Waals surface area contributed by atoms with Crippen LogP contribution in [0, 0.1) is 11.3 Å². The predicted molar refractivity (Wildman–Crippen MR) is 61.8 cm³/mol. The lowest BCUT2D eigenvalue weighted by molar-refractivity contribution is 0.869. The molecule has 1 aromatic carbocycles. The van der Waals surface area contributed by atoms with E-state index in [1.165, 1.54) is 11.6 Å². The highest BCUT2D eigenvalue weighted by Gasteiger charge is 1.86. The van der Waals surface area contributed by atoms with Crippen LogP contribution >= 0.6 is 0 Å². The van der Waals surface area contributed by atoms with Gasteiger partial charge in [-0.1, -0.05) is 30.3 Å². The Hall–Kier alpha value is -2.01. The fourth-order valence-corrected chi connectivity index (χ4v) is 1.11. The summed E-state index contributed by atoms with van der Waals surface area (Å²) in [7, 11) is 0. The van der Waals surface area contributed by atoms with Crippen LogP contribution in [0.3, 0.4) is 0 Å². The van der Waals surface area contributed by atoms with Crippen molar-refractivity contribution >= 4 is 0 Å². The lowest BCUT2D eigenvalue weighted by Crippen LogP contribution is -2.03. The van der Waals surface area contributed by atoms with Crippen molar-refractivity contribution in [2.24, 2.45) is 0 Å². The number of benzene rings is 1. The van der Waals surface area contributed by atoms with E-state index in [2.05, 4.69) is 17.4 Å². The average molecular weight is 198 g/mol. The third kappa shape index (κ3) is 4.68. The summed E-state index contributed by atoms with van der Waals surface area (Å²) in [6.45, 7) is 2.70. The zero-order chi connectivity index (χ0) is 10.9. The van der Waals surface area contributed by atoms with Crippen LogP contribution in [0.15, 0.2) is 54.3 Å². The summed E-state index contributed by atoms with van der Waals surface area (Å²) in [6.07, 6.45) is 5.25. The molecule has 0 bridgehead atoms. The first-order chi connectivity index (χ1) is 7.33. The fraction of sp³-hybridized carbons (Fsp3) is 0.154. The molecule has 0 spiro atoms. The molecule has 0 amide bonds. The number of allylic oxidation sites excluding steroid dienone is 3. The van der Waals surface area contributed by atoms with E-state index in [1.54, 1.807) is 0 Å². The van der Waals surface area contributed by atoms with E-state index in [-0.39, 0.29) is 0 Å². The quantitative estimate of drug-likeness (QED) is 0.596. The van der Waals surface area contributed by atoms with Crippen LogP contribution in [0.4, 0.5) is 0 Å². The Bertz CT molecular complexity index is 383. The normalized spacial score (nSPS) is 11.3. The lowest BCUT2D eigenvalue weighted by atomic mass is 10.2. The summed E-state index contributed by atoms with van der Waals surface area (Å²) in [5, 5.41) is 11.6.